The summed E-state index contributed by atoms with van der Waals surface area (Å²) in [6.07, 6.45) is 0.792. The molecular formula is C13H20BrNO. The normalized spacial score (nSPS) is 14.8. The number of aliphatic hydroxyl groups is 1. The average Bonchev–Trinajstić information content (AvgIpc) is 2.22. The highest BCUT2D eigenvalue weighted by Gasteiger charge is 2.09. The van der Waals surface area contributed by atoms with E-state index >= 15 is 0 Å². The second-order valence-corrected chi connectivity index (χ2v) is 5.16. The smallest absolute Gasteiger partial charge is 0.0445 e. The third-order valence-corrected chi connectivity index (χ3v) is 3.67. The minimum Gasteiger partial charge on any atom is -0.396 e. The summed E-state index contributed by atoms with van der Waals surface area (Å²) in [6.45, 7) is 6.58. The van der Waals surface area contributed by atoms with Gasteiger partial charge in [-0.15, -0.1) is 0 Å². The van der Waals surface area contributed by atoms with Crippen molar-refractivity contribution in [3.63, 3.8) is 0 Å². The van der Waals surface area contributed by atoms with Gasteiger partial charge in [0.25, 0.3) is 0 Å². The van der Waals surface area contributed by atoms with Gasteiger partial charge in [-0.05, 0) is 44.4 Å². The van der Waals surface area contributed by atoms with Crippen molar-refractivity contribution in [3.8, 4) is 0 Å². The molecule has 2 N–H and O–H groups in total. The lowest BCUT2D eigenvalue weighted by Gasteiger charge is -2.20. The fourth-order valence-corrected chi connectivity index (χ4v) is 1.98. The standard InChI is InChI=1S/C13H20BrNO/c1-9-8-12(4-5-13(9)14)11(3)15-10(2)6-7-16/h4-5,8,10-11,15-16H,6-7H2,1-3H3. The fourth-order valence-electron chi connectivity index (χ4n) is 1.74. The van der Waals surface area contributed by atoms with Gasteiger partial charge in [-0.3, -0.25) is 0 Å². The highest BCUT2D eigenvalue weighted by atomic mass is 79.9. The Bertz CT molecular complexity index is 341. The minimum atomic E-state index is 0.236. The molecule has 1 aromatic rings. The van der Waals surface area contributed by atoms with Crippen LogP contribution in [0.15, 0.2) is 22.7 Å². The van der Waals surface area contributed by atoms with Gasteiger partial charge in [-0.2, -0.15) is 0 Å². The summed E-state index contributed by atoms with van der Waals surface area (Å²) < 4.78 is 1.15. The van der Waals surface area contributed by atoms with Gasteiger partial charge in [-0.1, -0.05) is 28.1 Å². The molecular weight excluding hydrogens is 266 g/mol. The number of benzene rings is 1. The van der Waals surface area contributed by atoms with Crippen LogP contribution in [0.25, 0.3) is 0 Å². The molecule has 0 saturated heterocycles. The van der Waals surface area contributed by atoms with Gasteiger partial charge in [-0.25, -0.2) is 0 Å². The first-order valence-electron chi connectivity index (χ1n) is 5.67. The third kappa shape index (κ3) is 3.89. The Labute approximate surface area is 106 Å². The monoisotopic (exact) mass is 285 g/mol. The summed E-state index contributed by atoms with van der Waals surface area (Å²) in [5.74, 6) is 0. The van der Waals surface area contributed by atoms with Crippen molar-refractivity contribution < 1.29 is 5.11 Å². The van der Waals surface area contributed by atoms with E-state index in [4.69, 9.17) is 5.11 Å². The molecule has 0 aliphatic carbocycles. The van der Waals surface area contributed by atoms with Crippen molar-refractivity contribution in [1.82, 2.24) is 5.32 Å². The van der Waals surface area contributed by atoms with Gasteiger partial charge in [0.15, 0.2) is 0 Å². The summed E-state index contributed by atoms with van der Waals surface area (Å²) >= 11 is 3.50. The van der Waals surface area contributed by atoms with E-state index in [-0.39, 0.29) is 6.61 Å². The van der Waals surface area contributed by atoms with Crippen LogP contribution < -0.4 is 5.32 Å². The summed E-state index contributed by atoms with van der Waals surface area (Å²) in [6, 6.07) is 7.05. The van der Waals surface area contributed by atoms with E-state index in [9.17, 15) is 0 Å². The largest absolute Gasteiger partial charge is 0.396 e. The molecule has 2 unspecified atom stereocenters. The lowest BCUT2D eigenvalue weighted by Crippen LogP contribution is -2.29. The second-order valence-electron chi connectivity index (χ2n) is 4.31. The maximum absolute atomic E-state index is 8.85. The molecule has 90 valence electrons. The molecule has 0 amide bonds. The van der Waals surface area contributed by atoms with Gasteiger partial charge < -0.3 is 10.4 Å². The Kier molecular flexibility index (Phi) is 5.46. The molecule has 2 nitrogen and oxygen atoms in total. The number of halogens is 1. The first-order valence-corrected chi connectivity index (χ1v) is 6.47. The van der Waals surface area contributed by atoms with Crippen LogP contribution in [0, 0.1) is 6.92 Å². The third-order valence-electron chi connectivity index (χ3n) is 2.78. The summed E-state index contributed by atoms with van der Waals surface area (Å²) in [7, 11) is 0. The van der Waals surface area contributed by atoms with Crippen molar-refractivity contribution in [3.05, 3.63) is 33.8 Å². The Morgan fingerprint density at radius 3 is 2.62 bits per heavy atom. The van der Waals surface area contributed by atoms with Crippen molar-refractivity contribution in [1.29, 1.82) is 0 Å². The van der Waals surface area contributed by atoms with E-state index < -0.39 is 0 Å². The van der Waals surface area contributed by atoms with Crippen molar-refractivity contribution in [2.24, 2.45) is 0 Å². The molecule has 0 aliphatic rings. The Hall–Kier alpha value is -0.380. The Morgan fingerprint density at radius 2 is 2.06 bits per heavy atom. The van der Waals surface area contributed by atoms with Crippen LogP contribution in [0.2, 0.25) is 0 Å². The molecule has 1 aromatic carbocycles. The molecule has 0 aliphatic heterocycles. The lowest BCUT2D eigenvalue weighted by atomic mass is 10.0. The number of nitrogens with one attached hydrogen (secondary N) is 1. The number of aliphatic hydroxyl groups excluding tert-OH is 1. The van der Waals surface area contributed by atoms with Crippen molar-refractivity contribution in [2.45, 2.75) is 39.3 Å². The average molecular weight is 286 g/mol. The van der Waals surface area contributed by atoms with Gasteiger partial charge in [0.2, 0.25) is 0 Å². The Morgan fingerprint density at radius 1 is 1.38 bits per heavy atom. The summed E-state index contributed by atoms with van der Waals surface area (Å²) in [4.78, 5) is 0. The first kappa shape index (κ1) is 13.7. The highest BCUT2D eigenvalue weighted by Crippen LogP contribution is 2.21. The molecule has 1 rings (SSSR count). The topological polar surface area (TPSA) is 32.3 Å². The van der Waals surface area contributed by atoms with Crippen LogP contribution >= 0.6 is 15.9 Å². The zero-order valence-electron chi connectivity index (χ0n) is 10.1. The number of hydrogen-bond donors (Lipinski definition) is 2. The fraction of sp³-hybridized carbons (Fsp3) is 0.538. The molecule has 0 heterocycles. The van der Waals surface area contributed by atoms with E-state index in [0.29, 0.717) is 12.1 Å². The lowest BCUT2D eigenvalue weighted by molar-refractivity contribution is 0.264. The number of hydrogen-bond acceptors (Lipinski definition) is 2. The predicted molar refractivity (Wildman–Crippen MR) is 71.6 cm³/mol. The zero-order valence-corrected chi connectivity index (χ0v) is 11.7. The molecule has 0 radical (unpaired) electrons. The molecule has 3 heteroatoms. The summed E-state index contributed by atoms with van der Waals surface area (Å²) in [5.41, 5.74) is 2.53. The van der Waals surface area contributed by atoms with Crippen LogP contribution in [-0.2, 0) is 0 Å². The molecule has 2 atom stereocenters. The Balaban J connectivity index is 2.65. The second kappa shape index (κ2) is 6.38. The molecule has 0 spiro atoms. The van der Waals surface area contributed by atoms with Gasteiger partial charge >= 0.3 is 0 Å². The van der Waals surface area contributed by atoms with E-state index in [2.05, 4.69) is 60.2 Å². The van der Waals surface area contributed by atoms with Crippen LogP contribution in [0.3, 0.4) is 0 Å². The van der Waals surface area contributed by atoms with Crippen LogP contribution in [0.5, 0.6) is 0 Å². The van der Waals surface area contributed by atoms with Crippen LogP contribution in [-0.4, -0.2) is 17.8 Å². The molecule has 0 bridgehead atoms. The van der Waals surface area contributed by atoms with Crippen molar-refractivity contribution >= 4 is 15.9 Å². The zero-order chi connectivity index (χ0) is 12.1. The van der Waals surface area contributed by atoms with Gasteiger partial charge in [0.05, 0.1) is 0 Å². The van der Waals surface area contributed by atoms with E-state index in [1.807, 2.05) is 0 Å². The number of aryl methyl sites for hydroxylation is 1. The predicted octanol–water partition coefficient (Wildman–Crippen LogP) is 3.18. The van der Waals surface area contributed by atoms with Gasteiger partial charge in [0.1, 0.15) is 0 Å². The first-order chi connectivity index (χ1) is 7.54. The van der Waals surface area contributed by atoms with Crippen molar-refractivity contribution in [2.75, 3.05) is 6.61 Å². The molecule has 0 saturated carbocycles. The van der Waals surface area contributed by atoms with Gasteiger partial charge in [0, 0.05) is 23.2 Å². The molecule has 16 heavy (non-hydrogen) atoms. The van der Waals surface area contributed by atoms with E-state index in [1.54, 1.807) is 0 Å². The number of rotatable bonds is 5. The van der Waals surface area contributed by atoms with E-state index in [0.717, 1.165) is 10.9 Å². The van der Waals surface area contributed by atoms with Crippen LogP contribution in [0.4, 0.5) is 0 Å². The molecule has 0 fully saturated rings. The maximum Gasteiger partial charge on any atom is 0.0445 e. The van der Waals surface area contributed by atoms with Crippen LogP contribution in [0.1, 0.15) is 37.4 Å². The maximum atomic E-state index is 8.85. The highest BCUT2D eigenvalue weighted by molar-refractivity contribution is 9.10. The quantitative estimate of drug-likeness (QED) is 0.871. The van der Waals surface area contributed by atoms with E-state index in [1.165, 1.54) is 11.1 Å². The summed E-state index contributed by atoms with van der Waals surface area (Å²) in [5, 5.41) is 12.3. The molecule has 0 aromatic heterocycles. The minimum absolute atomic E-state index is 0.236. The SMILES string of the molecule is Cc1cc(C(C)NC(C)CCO)ccc1Br.